The van der Waals surface area contributed by atoms with E-state index in [1.165, 1.54) is 0 Å². The fourth-order valence-corrected chi connectivity index (χ4v) is 2.05. The summed E-state index contributed by atoms with van der Waals surface area (Å²) in [4.78, 5) is 24.8. The van der Waals surface area contributed by atoms with Gasteiger partial charge in [-0.15, -0.1) is 11.6 Å². The van der Waals surface area contributed by atoms with Gasteiger partial charge >= 0.3 is 0 Å². The van der Waals surface area contributed by atoms with Crippen molar-refractivity contribution in [1.82, 2.24) is 0 Å². The molecule has 0 bridgehead atoms. The number of para-hydroxylation sites is 2. The van der Waals surface area contributed by atoms with E-state index >= 15 is 0 Å². The Labute approximate surface area is 110 Å². The highest BCUT2D eigenvalue weighted by atomic mass is 35.5. The van der Waals surface area contributed by atoms with Crippen LogP contribution in [0.1, 0.15) is 19.8 Å². The molecule has 1 aromatic rings. The van der Waals surface area contributed by atoms with Gasteiger partial charge < -0.3 is 4.74 Å². The minimum Gasteiger partial charge on any atom is -0.491 e. The zero-order valence-corrected chi connectivity index (χ0v) is 10.8. The van der Waals surface area contributed by atoms with Crippen LogP contribution in [0.3, 0.4) is 0 Å². The van der Waals surface area contributed by atoms with Gasteiger partial charge in [0, 0.05) is 0 Å². The van der Waals surface area contributed by atoms with Crippen molar-refractivity contribution in [2.75, 3.05) is 11.5 Å². The highest BCUT2D eigenvalue weighted by Gasteiger charge is 2.39. The molecule has 1 aromatic carbocycles. The SMILES string of the molecule is CCCOc1ccccc1N1C(=O)C[C@H](Cl)C1=O. The maximum atomic E-state index is 11.9. The van der Waals surface area contributed by atoms with Gasteiger partial charge in [0.15, 0.2) is 0 Å². The summed E-state index contributed by atoms with van der Waals surface area (Å²) >= 11 is 5.81. The van der Waals surface area contributed by atoms with E-state index in [1.807, 2.05) is 6.92 Å². The molecule has 0 radical (unpaired) electrons. The third-order valence-electron chi connectivity index (χ3n) is 2.66. The van der Waals surface area contributed by atoms with Crippen LogP contribution in [-0.2, 0) is 9.59 Å². The van der Waals surface area contributed by atoms with Gasteiger partial charge in [-0.25, -0.2) is 4.90 Å². The lowest BCUT2D eigenvalue weighted by Gasteiger charge is -2.18. The molecule has 96 valence electrons. The normalized spacial score (nSPS) is 19.4. The smallest absolute Gasteiger partial charge is 0.252 e. The number of nitrogens with zero attached hydrogens (tertiary/aromatic N) is 1. The van der Waals surface area contributed by atoms with E-state index in [2.05, 4.69) is 0 Å². The van der Waals surface area contributed by atoms with Crippen molar-refractivity contribution in [2.24, 2.45) is 0 Å². The average Bonchev–Trinajstić information content (AvgIpc) is 2.61. The van der Waals surface area contributed by atoms with Crippen LogP contribution in [0, 0.1) is 0 Å². The number of halogens is 1. The Morgan fingerprint density at radius 3 is 2.72 bits per heavy atom. The summed E-state index contributed by atoms with van der Waals surface area (Å²) in [6, 6.07) is 7.00. The molecule has 2 amide bonds. The zero-order valence-electron chi connectivity index (χ0n) is 10.1. The van der Waals surface area contributed by atoms with E-state index in [-0.39, 0.29) is 18.2 Å². The summed E-state index contributed by atoms with van der Waals surface area (Å²) in [6.07, 6.45) is 0.900. The third-order valence-corrected chi connectivity index (χ3v) is 3.00. The molecule has 1 heterocycles. The molecule has 0 unspecified atom stereocenters. The van der Waals surface area contributed by atoms with Crippen molar-refractivity contribution in [2.45, 2.75) is 25.1 Å². The molecule has 18 heavy (non-hydrogen) atoms. The topological polar surface area (TPSA) is 46.6 Å². The van der Waals surface area contributed by atoms with Gasteiger partial charge in [0.1, 0.15) is 11.1 Å². The summed E-state index contributed by atoms with van der Waals surface area (Å²) < 4.78 is 5.54. The second-order valence-corrected chi connectivity index (χ2v) is 4.58. The fraction of sp³-hybridized carbons (Fsp3) is 0.385. The van der Waals surface area contributed by atoms with E-state index in [9.17, 15) is 9.59 Å². The van der Waals surface area contributed by atoms with E-state index in [0.29, 0.717) is 18.0 Å². The minimum absolute atomic E-state index is 0.0441. The number of carbonyl (C=O) groups is 2. The maximum Gasteiger partial charge on any atom is 0.252 e. The molecule has 2 rings (SSSR count). The molecule has 0 aromatic heterocycles. The maximum absolute atomic E-state index is 11.9. The van der Waals surface area contributed by atoms with Gasteiger partial charge in [0.25, 0.3) is 5.91 Å². The Balaban J connectivity index is 2.32. The molecular formula is C13H14ClNO3. The quantitative estimate of drug-likeness (QED) is 0.621. The lowest BCUT2D eigenvalue weighted by molar-refractivity contribution is -0.121. The number of carbonyl (C=O) groups excluding carboxylic acids is 2. The molecule has 0 N–H and O–H groups in total. The van der Waals surface area contributed by atoms with Gasteiger partial charge in [-0.3, -0.25) is 9.59 Å². The van der Waals surface area contributed by atoms with Crippen LogP contribution in [0.25, 0.3) is 0 Å². The van der Waals surface area contributed by atoms with Crippen LogP contribution < -0.4 is 9.64 Å². The van der Waals surface area contributed by atoms with Crippen LogP contribution in [0.4, 0.5) is 5.69 Å². The summed E-state index contributed by atoms with van der Waals surface area (Å²) in [5.74, 6) is -0.131. The first-order valence-electron chi connectivity index (χ1n) is 5.88. The van der Waals surface area contributed by atoms with Crippen molar-refractivity contribution < 1.29 is 14.3 Å². The predicted octanol–water partition coefficient (Wildman–Crippen LogP) is 2.35. The highest BCUT2D eigenvalue weighted by Crippen LogP contribution is 2.33. The molecule has 0 saturated carbocycles. The van der Waals surface area contributed by atoms with Crippen LogP contribution in [-0.4, -0.2) is 23.8 Å². The number of amides is 2. The molecule has 1 atom stereocenters. The Morgan fingerprint density at radius 2 is 2.11 bits per heavy atom. The van der Waals surface area contributed by atoms with Crippen LogP contribution in [0.2, 0.25) is 0 Å². The first kappa shape index (κ1) is 12.9. The molecule has 1 aliphatic rings. The lowest BCUT2D eigenvalue weighted by Crippen LogP contribution is -2.31. The molecule has 0 spiro atoms. The van der Waals surface area contributed by atoms with Gasteiger partial charge in [0.05, 0.1) is 18.7 Å². The largest absolute Gasteiger partial charge is 0.491 e. The second-order valence-electron chi connectivity index (χ2n) is 4.06. The van der Waals surface area contributed by atoms with Crippen LogP contribution >= 0.6 is 11.6 Å². The van der Waals surface area contributed by atoms with Crippen molar-refractivity contribution in [3.63, 3.8) is 0 Å². The molecule has 1 saturated heterocycles. The van der Waals surface area contributed by atoms with Gasteiger partial charge in [-0.1, -0.05) is 19.1 Å². The second kappa shape index (κ2) is 5.40. The molecule has 5 heteroatoms. The Bertz CT molecular complexity index is 475. The molecule has 1 aliphatic heterocycles. The molecular weight excluding hydrogens is 254 g/mol. The monoisotopic (exact) mass is 267 g/mol. The lowest BCUT2D eigenvalue weighted by atomic mass is 10.2. The number of hydrogen-bond donors (Lipinski definition) is 0. The van der Waals surface area contributed by atoms with Crippen molar-refractivity contribution in [1.29, 1.82) is 0 Å². The van der Waals surface area contributed by atoms with Crippen LogP contribution in [0.5, 0.6) is 5.75 Å². The van der Waals surface area contributed by atoms with Gasteiger partial charge in [-0.2, -0.15) is 0 Å². The Kier molecular flexibility index (Phi) is 3.87. The molecule has 4 nitrogen and oxygen atoms in total. The summed E-state index contributed by atoms with van der Waals surface area (Å²) in [5, 5.41) is -0.767. The van der Waals surface area contributed by atoms with Gasteiger partial charge in [0.2, 0.25) is 5.91 Å². The number of benzene rings is 1. The van der Waals surface area contributed by atoms with Crippen molar-refractivity contribution in [3.05, 3.63) is 24.3 Å². The number of hydrogen-bond acceptors (Lipinski definition) is 3. The van der Waals surface area contributed by atoms with Crippen molar-refractivity contribution >= 4 is 29.1 Å². The fourth-order valence-electron chi connectivity index (χ4n) is 1.82. The third kappa shape index (κ3) is 2.34. The zero-order chi connectivity index (χ0) is 13.1. The van der Waals surface area contributed by atoms with E-state index in [4.69, 9.17) is 16.3 Å². The number of imide groups is 1. The van der Waals surface area contributed by atoms with Crippen LogP contribution in [0.15, 0.2) is 24.3 Å². The number of anilines is 1. The van der Waals surface area contributed by atoms with E-state index in [1.54, 1.807) is 24.3 Å². The Morgan fingerprint density at radius 1 is 1.39 bits per heavy atom. The Hall–Kier alpha value is -1.55. The first-order chi connectivity index (χ1) is 8.65. The van der Waals surface area contributed by atoms with Crippen molar-refractivity contribution in [3.8, 4) is 5.75 Å². The number of alkyl halides is 1. The number of rotatable bonds is 4. The molecule has 0 aliphatic carbocycles. The standard InChI is InChI=1S/C13H14ClNO3/c1-2-7-18-11-6-4-3-5-10(11)15-12(16)8-9(14)13(15)17/h3-6,9H,2,7-8H2,1H3/t9-/m0/s1. The average molecular weight is 268 g/mol. The molecule has 1 fully saturated rings. The first-order valence-corrected chi connectivity index (χ1v) is 6.31. The minimum atomic E-state index is -0.767. The van der Waals surface area contributed by atoms with E-state index in [0.717, 1.165) is 11.3 Å². The van der Waals surface area contributed by atoms with Gasteiger partial charge in [-0.05, 0) is 18.6 Å². The summed E-state index contributed by atoms with van der Waals surface area (Å²) in [6.45, 7) is 2.53. The summed E-state index contributed by atoms with van der Waals surface area (Å²) in [7, 11) is 0. The number of ether oxygens (including phenoxy) is 1. The highest BCUT2D eigenvalue weighted by molar-refractivity contribution is 6.40. The van der Waals surface area contributed by atoms with E-state index < -0.39 is 5.38 Å². The summed E-state index contributed by atoms with van der Waals surface area (Å²) in [5.41, 5.74) is 0.476. The predicted molar refractivity (Wildman–Crippen MR) is 69.0 cm³/mol.